The van der Waals surface area contributed by atoms with Crippen molar-refractivity contribution in [3.8, 4) is 0 Å². The number of rotatable bonds is 7. The molecule has 0 aliphatic rings. The van der Waals surface area contributed by atoms with Gasteiger partial charge < -0.3 is 4.90 Å². The molecule has 0 spiro atoms. The van der Waals surface area contributed by atoms with Crippen LogP contribution in [-0.2, 0) is 0 Å². The van der Waals surface area contributed by atoms with Crippen LogP contribution in [0.4, 0.5) is 0 Å². The molecular weight excluding hydrogens is 248 g/mol. The van der Waals surface area contributed by atoms with Gasteiger partial charge in [-0.15, -0.1) is 0 Å². The number of nitrogens with zero attached hydrogens (tertiary/aromatic N) is 2. The van der Waals surface area contributed by atoms with Crippen molar-refractivity contribution in [2.45, 2.75) is 26.3 Å². The van der Waals surface area contributed by atoms with Gasteiger partial charge in [-0.25, -0.2) is 0 Å². The van der Waals surface area contributed by atoms with Gasteiger partial charge >= 0.3 is 0 Å². The number of fused-ring (bicyclic) bond motifs is 1. The summed E-state index contributed by atoms with van der Waals surface area (Å²) in [6.45, 7) is 7.57. The van der Waals surface area contributed by atoms with Gasteiger partial charge in [-0.05, 0) is 43.8 Å². The van der Waals surface area contributed by atoms with E-state index in [1.54, 1.807) is 0 Å². The van der Waals surface area contributed by atoms with Gasteiger partial charge in [0.1, 0.15) is 0 Å². The van der Waals surface area contributed by atoms with Gasteiger partial charge in [-0.2, -0.15) is 0 Å². The first-order valence-electron chi connectivity index (χ1n) is 7.32. The summed E-state index contributed by atoms with van der Waals surface area (Å²) in [6, 6.07) is 10.5. The number of benzene rings is 1. The fourth-order valence-electron chi connectivity index (χ4n) is 2.61. The highest BCUT2D eigenvalue weighted by atomic mass is 15.2. The molecule has 20 heavy (non-hydrogen) atoms. The van der Waals surface area contributed by atoms with Crippen LogP contribution in [0.3, 0.4) is 0 Å². The highest BCUT2D eigenvalue weighted by molar-refractivity contribution is 5.82. The first-order valence-corrected chi connectivity index (χ1v) is 7.32. The van der Waals surface area contributed by atoms with Crippen LogP contribution in [0.2, 0.25) is 0 Å². The second-order valence-electron chi connectivity index (χ2n) is 4.95. The van der Waals surface area contributed by atoms with Crippen molar-refractivity contribution in [2.24, 2.45) is 5.84 Å². The van der Waals surface area contributed by atoms with E-state index in [0.717, 1.165) is 31.6 Å². The van der Waals surface area contributed by atoms with Crippen LogP contribution in [0.1, 0.15) is 31.9 Å². The van der Waals surface area contributed by atoms with E-state index in [4.69, 9.17) is 5.84 Å². The van der Waals surface area contributed by atoms with Crippen LogP contribution in [0.25, 0.3) is 10.9 Å². The molecule has 0 fully saturated rings. The van der Waals surface area contributed by atoms with Crippen molar-refractivity contribution in [3.63, 3.8) is 0 Å². The lowest BCUT2D eigenvalue weighted by Gasteiger charge is -2.23. The van der Waals surface area contributed by atoms with Gasteiger partial charge in [0.15, 0.2) is 0 Å². The summed E-state index contributed by atoms with van der Waals surface area (Å²) in [5.41, 5.74) is 5.21. The second-order valence-corrected chi connectivity index (χ2v) is 4.95. The third-order valence-corrected chi connectivity index (χ3v) is 3.88. The largest absolute Gasteiger partial charge is 0.304 e. The first-order chi connectivity index (χ1) is 9.80. The summed E-state index contributed by atoms with van der Waals surface area (Å²) >= 11 is 0. The summed E-state index contributed by atoms with van der Waals surface area (Å²) < 4.78 is 0. The number of nitrogens with two attached hydrogens (primary N) is 1. The van der Waals surface area contributed by atoms with Gasteiger partial charge in [0.05, 0.1) is 5.52 Å². The van der Waals surface area contributed by atoms with E-state index >= 15 is 0 Å². The summed E-state index contributed by atoms with van der Waals surface area (Å²) in [5, 5.41) is 1.18. The van der Waals surface area contributed by atoms with Crippen molar-refractivity contribution < 1.29 is 0 Å². The molecule has 1 heterocycles. The molecule has 0 aliphatic heterocycles. The Kier molecular flexibility index (Phi) is 5.47. The van der Waals surface area contributed by atoms with Gasteiger partial charge in [-0.3, -0.25) is 16.3 Å². The van der Waals surface area contributed by atoms with E-state index in [-0.39, 0.29) is 6.04 Å². The molecule has 4 nitrogen and oxygen atoms in total. The number of hydrogen-bond donors (Lipinski definition) is 2. The van der Waals surface area contributed by atoms with Gasteiger partial charge in [0, 0.05) is 17.6 Å². The smallest absolute Gasteiger partial charge is 0.0705 e. The molecule has 2 aromatic rings. The molecule has 0 amide bonds. The molecule has 0 aliphatic carbocycles. The minimum absolute atomic E-state index is 0.156. The van der Waals surface area contributed by atoms with E-state index in [1.807, 2.05) is 24.4 Å². The van der Waals surface area contributed by atoms with Crippen molar-refractivity contribution in [1.29, 1.82) is 0 Å². The average Bonchev–Trinajstić information content (AvgIpc) is 2.51. The van der Waals surface area contributed by atoms with E-state index in [1.165, 1.54) is 10.9 Å². The number of pyridine rings is 1. The van der Waals surface area contributed by atoms with Gasteiger partial charge in [0.2, 0.25) is 0 Å². The molecule has 0 saturated heterocycles. The topological polar surface area (TPSA) is 54.2 Å². The van der Waals surface area contributed by atoms with E-state index < -0.39 is 0 Å². The highest BCUT2D eigenvalue weighted by Gasteiger charge is 2.14. The molecule has 0 saturated carbocycles. The fraction of sp³-hybridized carbons (Fsp3) is 0.438. The molecule has 1 aromatic carbocycles. The Morgan fingerprint density at radius 1 is 1.20 bits per heavy atom. The monoisotopic (exact) mass is 272 g/mol. The summed E-state index contributed by atoms with van der Waals surface area (Å²) in [6.07, 6.45) is 2.82. The minimum Gasteiger partial charge on any atom is -0.304 e. The van der Waals surface area contributed by atoms with Crippen molar-refractivity contribution in [1.82, 2.24) is 15.3 Å². The van der Waals surface area contributed by atoms with E-state index in [2.05, 4.69) is 41.3 Å². The Balaban J connectivity index is 2.21. The quantitative estimate of drug-likeness (QED) is 0.600. The molecule has 4 heteroatoms. The second kappa shape index (κ2) is 7.33. The van der Waals surface area contributed by atoms with Crippen molar-refractivity contribution >= 4 is 10.9 Å². The maximum atomic E-state index is 5.78. The lowest BCUT2D eigenvalue weighted by atomic mass is 9.99. The summed E-state index contributed by atoms with van der Waals surface area (Å²) in [5.74, 6) is 5.78. The molecular formula is C16H24N4. The molecule has 0 bridgehead atoms. The molecule has 3 N–H and O–H groups in total. The predicted molar refractivity (Wildman–Crippen MR) is 84.2 cm³/mol. The Labute approximate surface area is 121 Å². The minimum atomic E-state index is 0.156. The Hall–Kier alpha value is -1.49. The van der Waals surface area contributed by atoms with Crippen LogP contribution in [0.5, 0.6) is 0 Å². The van der Waals surface area contributed by atoms with Crippen LogP contribution in [0.15, 0.2) is 36.5 Å². The lowest BCUT2D eigenvalue weighted by molar-refractivity contribution is 0.282. The predicted octanol–water partition coefficient (Wildman–Crippen LogP) is 2.47. The van der Waals surface area contributed by atoms with Crippen LogP contribution in [0, 0.1) is 0 Å². The molecule has 108 valence electrons. The summed E-state index contributed by atoms with van der Waals surface area (Å²) in [4.78, 5) is 6.82. The van der Waals surface area contributed by atoms with Gasteiger partial charge in [0.25, 0.3) is 0 Å². The normalized spacial score (nSPS) is 13.0. The number of hydrazine groups is 1. The Morgan fingerprint density at radius 3 is 2.70 bits per heavy atom. The molecule has 1 aromatic heterocycles. The SMILES string of the molecule is CCN(CC)CCC(NN)c1cccc2ncccc12. The zero-order valence-corrected chi connectivity index (χ0v) is 12.3. The van der Waals surface area contributed by atoms with Crippen molar-refractivity contribution in [2.75, 3.05) is 19.6 Å². The third kappa shape index (κ3) is 3.33. The van der Waals surface area contributed by atoms with Crippen LogP contribution in [-0.4, -0.2) is 29.5 Å². The maximum absolute atomic E-state index is 5.78. The highest BCUT2D eigenvalue weighted by Crippen LogP contribution is 2.24. The van der Waals surface area contributed by atoms with Crippen molar-refractivity contribution in [3.05, 3.63) is 42.1 Å². The zero-order valence-electron chi connectivity index (χ0n) is 12.3. The Bertz CT molecular complexity index is 531. The average molecular weight is 272 g/mol. The lowest BCUT2D eigenvalue weighted by Crippen LogP contribution is -2.32. The molecule has 2 rings (SSSR count). The molecule has 1 atom stereocenters. The van der Waals surface area contributed by atoms with Crippen LogP contribution >= 0.6 is 0 Å². The maximum Gasteiger partial charge on any atom is 0.0705 e. The molecule has 0 radical (unpaired) electrons. The number of aromatic nitrogens is 1. The third-order valence-electron chi connectivity index (χ3n) is 3.88. The molecule has 1 unspecified atom stereocenters. The Morgan fingerprint density at radius 2 is 2.00 bits per heavy atom. The number of hydrogen-bond acceptors (Lipinski definition) is 4. The summed E-state index contributed by atoms with van der Waals surface area (Å²) in [7, 11) is 0. The number of nitrogens with one attached hydrogen (secondary N) is 1. The van der Waals surface area contributed by atoms with Crippen LogP contribution < -0.4 is 11.3 Å². The standard InChI is InChI=1S/C16H24N4/c1-3-20(4-2)12-10-16(19-17)14-7-5-9-15-13(14)8-6-11-18-15/h5-9,11,16,19H,3-4,10,12,17H2,1-2H3. The van der Waals surface area contributed by atoms with E-state index in [0.29, 0.717) is 0 Å². The van der Waals surface area contributed by atoms with E-state index in [9.17, 15) is 0 Å². The first kappa shape index (κ1) is 14.9. The fourth-order valence-corrected chi connectivity index (χ4v) is 2.61. The van der Waals surface area contributed by atoms with Gasteiger partial charge in [-0.1, -0.05) is 32.0 Å². The zero-order chi connectivity index (χ0) is 14.4.